The average Bonchev–Trinajstić information content (AvgIpc) is 3.31. The fourth-order valence-electron chi connectivity index (χ4n) is 4.58. The summed E-state index contributed by atoms with van der Waals surface area (Å²) in [6.07, 6.45) is 4.99. The Bertz CT molecular complexity index is 1000. The first-order valence-corrected chi connectivity index (χ1v) is 13.0. The van der Waals surface area contributed by atoms with Crippen molar-refractivity contribution in [3.05, 3.63) is 52.7 Å². The lowest BCUT2D eigenvalue weighted by Gasteiger charge is -2.38. The van der Waals surface area contributed by atoms with Gasteiger partial charge in [0.15, 0.2) is 0 Å². The first kappa shape index (κ1) is 20.9. The molecule has 3 aromatic rings. The molecule has 31 heavy (non-hydrogen) atoms. The van der Waals surface area contributed by atoms with E-state index in [1.54, 1.807) is 22.7 Å². The number of carbonyl (C=O) groups is 1. The van der Waals surface area contributed by atoms with E-state index in [0.717, 1.165) is 71.3 Å². The number of carbonyl (C=O) groups excluding carboxylic acids is 1. The monoisotopic (exact) mass is 451 g/mol. The lowest BCUT2D eigenvalue weighted by atomic mass is 10.0. The lowest BCUT2D eigenvalue weighted by molar-refractivity contribution is -0.134. The molecular weight excluding hydrogens is 422 g/mol. The van der Waals surface area contributed by atoms with E-state index in [-0.39, 0.29) is 0 Å². The fraction of sp³-hybridized carbons (Fsp3) is 0.440. The average molecular weight is 452 g/mol. The molecular formula is C25H29N3OS2. The summed E-state index contributed by atoms with van der Waals surface area (Å²) in [6, 6.07) is 15.3. The van der Waals surface area contributed by atoms with Crippen molar-refractivity contribution in [1.29, 1.82) is 0 Å². The summed E-state index contributed by atoms with van der Waals surface area (Å²) in [6.45, 7) is 5.55. The Labute approximate surface area is 192 Å². The van der Waals surface area contributed by atoms with Crippen LogP contribution in [0.2, 0.25) is 0 Å². The van der Waals surface area contributed by atoms with Crippen molar-refractivity contribution in [3.8, 4) is 21.1 Å². The molecule has 1 saturated carbocycles. The Morgan fingerprint density at radius 2 is 1.81 bits per heavy atom. The van der Waals surface area contributed by atoms with Gasteiger partial charge in [-0.1, -0.05) is 43.3 Å². The fourth-order valence-corrected chi connectivity index (χ4v) is 6.46. The zero-order valence-corrected chi connectivity index (χ0v) is 19.6. The van der Waals surface area contributed by atoms with Crippen molar-refractivity contribution < 1.29 is 4.79 Å². The molecule has 0 N–H and O–H groups in total. The van der Waals surface area contributed by atoms with Gasteiger partial charge in [0.25, 0.3) is 0 Å². The molecule has 2 fully saturated rings. The number of aromatic nitrogens is 1. The van der Waals surface area contributed by atoms with Gasteiger partial charge < -0.3 is 9.80 Å². The molecule has 1 aromatic carbocycles. The first-order valence-electron chi connectivity index (χ1n) is 11.4. The Hall–Kier alpha value is -2.02. The van der Waals surface area contributed by atoms with Gasteiger partial charge in [0.1, 0.15) is 5.01 Å². The van der Waals surface area contributed by atoms with E-state index in [1.165, 1.54) is 0 Å². The van der Waals surface area contributed by atoms with Crippen LogP contribution < -0.4 is 0 Å². The zero-order valence-electron chi connectivity index (χ0n) is 18.0. The third kappa shape index (κ3) is 4.61. The number of hydrogen-bond acceptors (Lipinski definition) is 5. The number of piperidine rings is 1. The van der Waals surface area contributed by atoms with Crippen LogP contribution >= 0.6 is 22.7 Å². The highest BCUT2D eigenvalue weighted by Crippen LogP contribution is 2.38. The normalized spacial score (nSPS) is 17.7. The van der Waals surface area contributed by atoms with E-state index in [1.807, 2.05) is 18.2 Å². The van der Waals surface area contributed by atoms with Crippen LogP contribution in [0.25, 0.3) is 21.1 Å². The van der Waals surface area contributed by atoms with Crippen molar-refractivity contribution >= 4 is 28.6 Å². The Kier molecular flexibility index (Phi) is 6.21. The highest BCUT2D eigenvalue weighted by Gasteiger charge is 2.38. The first-order chi connectivity index (χ1) is 15.2. The molecule has 1 amide bonds. The molecule has 162 valence electrons. The third-order valence-corrected chi connectivity index (χ3v) is 8.39. The van der Waals surface area contributed by atoms with E-state index < -0.39 is 0 Å². The molecule has 0 spiro atoms. The highest BCUT2D eigenvalue weighted by molar-refractivity contribution is 7.17. The molecule has 0 atom stereocenters. The van der Waals surface area contributed by atoms with Crippen LogP contribution in [0.4, 0.5) is 0 Å². The van der Waals surface area contributed by atoms with E-state index in [2.05, 4.69) is 46.4 Å². The summed E-state index contributed by atoms with van der Waals surface area (Å²) in [5.74, 6) is 0.290. The minimum absolute atomic E-state index is 0.290. The molecule has 0 radical (unpaired) electrons. The predicted octanol–water partition coefficient (Wildman–Crippen LogP) is 5.56. The van der Waals surface area contributed by atoms with Gasteiger partial charge in [-0.3, -0.25) is 4.79 Å². The summed E-state index contributed by atoms with van der Waals surface area (Å²) in [7, 11) is 0. The van der Waals surface area contributed by atoms with E-state index in [9.17, 15) is 4.79 Å². The molecule has 3 heterocycles. The molecule has 6 heteroatoms. The maximum Gasteiger partial charge on any atom is 0.228 e. The van der Waals surface area contributed by atoms with Crippen LogP contribution in [0, 0.1) is 0 Å². The van der Waals surface area contributed by atoms with Crippen LogP contribution in [0.3, 0.4) is 0 Å². The number of thiazole rings is 1. The number of likely N-dealkylation sites (tertiary alicyclic amines) is 1. The molecule has 4 nitrogen and oxygen atoms in total. The van der Waals surface area contributed by atoms with Crippen molar-refractivity contribution in [2.24, 2.45) is 0 Å². The van der Waals surface area contributed by atoms with Gasteiger partial charge in [0.05, 0.1) is 17.0 Å². The van der Waals surface area contributed by atoms with Gasteiger partial charge in [-0.05, 0) is 43.7 Å². The number of rotatable bonds is 7. The largest absolute Gasteiger partial charge is 0.336 e. The van der Waals surface area contributed by atoms with Gasteiger partial charge in [0, 0.05) is 35.6 Å². The number of amides is 1. The van der Waals surface area contributed by atoms with Gasteiger partial charge in [-0.15, -0.1) is 22.7 Å². The maximum absolute atomic E-state index is 13.6. The second-order valence-electron chi connectivity index (χ2n) is 8.51. The number of hydrogen-bond donors (Lipinski definition) is 0. The molecule has 1 aliphatic heterocycles. The van der Waals surface area contributed by atoms with Crippen molar-refractivity contribution in [2.75, 3.05) is 19.6 Å². The summed E-state index contributed by atoms with van der Waals surface area (Å²) >= 11 is 3.38. The molecule has 2 aliphatic rings. The van der Waals surface area contributed by atoms with Gasteiger partial charge in [-0.25, -0.2) is 4.98 Å². The van der Waals surface area contributed by atoms with Crippen molar-refractivity contribution in [3.63, 3.8) is 0 Å². The van der Waals surface area contributed by atoms with Crippen molar-refractivity contribution in [1.82, 2.24) is 14.8 Å². The molecule has 5 rings (SSSR count). The summed E-state index contributed by atoms with van der Waals surface area (Å²) in [5, 5.41) is 3.08. The third-order valence-electron chi connectivity index (χ3n) is 6.41. The predicted molar refractivity (Wildman–Crippen MR) is 130 cm³/mol. The Balaban J connectivity index is 1.40. The Morgan fingerprint density at radius 3 is 2.45 bits per heavy atom. The number of nitrogens with zero attached hydrogens (tertiary/aromatic N) is 3. The van der Waals surface area contributed by atoms with Crippen LogP contribution in [-0.2, 0) is 11.2 Å². The number of thiophene rings is 1. The minimum atomic E-state index is 0.290. The lowest BCUT2D eigenvalue weighted by Crippen LogP contribution is -2.48. The topological polar surface area (TPSA) is 36.4 Å². The zero-order chi connectivity index (χ0) is 21.2. The van der Waals surface area contributed by atoms with Gasteiger partial charge >= 0.3 is 0 Å². The van der Waals surface area contributed by atoms with E-state index in [0.29, 0.717) is 24.4 Å². The summed E-state index contributed by atoms with van der Waals surface area (Å²) in [4.78, 5) is 25.6. The molecule has 1 aliphatic carbocycles. The minimum Gasteiger partial charge on any atom is -0.336 e. The van der Waals surface area contributed by atoms with E-state index in [4.69, 9.17) is 4.98 Å². The van der Waals surface area contributed by atoms with Crippen LogP contribution in [0.1, 0.15) is 37.5 Å². The number of benzene rings is 1. The molecule has 0 bridgehead atoms. The second-order valence-corrected chi connectivity index (χ2v) is 10.5. The second kappa shape index (κ2) is 9.23. The smallest absolute Gasteiger partial charge is 0.228 e. The van der Waals surface area contributed by atoms with Gasteiger partial charge in [-0.2, -0.15) is 0 Å². The SMILES string of the molecule is CCN1CCC(N(C(=O)Cc2sc(-c3ccccc3)nc2-c2cccs2)C2CC2)CC1. The molecule has 0 unspecified atom stereocenters. The van der Waals surface area contributed by atoms with E-state index >= 15 is 0 Å². The van der Waals surface area contributed by atoms with Crippen LogP contribution in [0.5, 0.6) is 0 Å². The highest BCUT2D eigenvalue weighted by atomic mass is 32.1. The van der Waals surface area contributed by atoms with Crippen LogP contribution in [0.15, 0.2) is 47.8 Å². The maximum atomic E-state index is 13.6. The van der Waals surface area contributed by atoms with Gasteiger partial charge in [0.2, 0.25) is 5.91 Å². The standard InChI is InChI=1S/C25H29N3OS2/c1-2-27-14-12-20(13-15-27)28(19-10-11-19)23(29)17-22-24(21-9-6-16-30-21)26-25(31-22)18-7-4-3-5-8-18/h3-9,16,19-20H,2,10-15,17H2,1H3. The molecule has 2 aromatic heterocycles. The van der Waals surface area contributed by atoms with Crippen LogP contribution in [-0.4, -0.2) is 52.4 Å². The Morgan fingerprint density at radius 1 is 1.06 bits per heavy atom. The quantitative estimate of drug-likeness (QED) is 0.472. The molecule has 1 saturated heterocycles. The van der Waals surface area contributed by atoms with Crippen molar-refractivity contribution in [2.45, 2.75) is 51.1 Å². The summed E-state index contributed by atoms with van der Waals surface area (Å²) in [5.41, 5.74) is 2.11. The summed E-state index contributed by atoms with van der Waals surface area (Å²) < 4.78 is 0.